The zero-order chi connectivity index (χ0) is 21.9. The highest BCUT2D eigenvalue weighted by atomic mass is 35.5. The summed E-state index contributed by atoms with van der Waals surface area (Å²) in [7, 11) is 0. The number of nitrogens with one attached hydrogen (secondary N) is 3. The fraction of sp³-hybridized carbons (Fsp3) is 0.250. The molecule has 0 spiro atoms. The average Bonchev–Trinajstić information content (AvgIpc) is 2.72. The van der Waals surface area contributed by atoms with Crippen LogP contribution in [0.5, 0.6) is 11.5 Å². The van der Waals surface area contributed by atoms with Crippen LogP contribution in [-0.2, 0) is 4.79 Å². The summed E-state index contributed by atoms with van der Waals surface area (Å²) >= 11 is 16.8. The maximum atomic E-state index is 12.4. The smallest absolute Gasteiger partial charge is 0.276 e. The first-order valence-electron chi connectivity index (χ1n) is 9.10. The first kappa shape index (κ1) is 23.7. The van der Waals surface area contributed by atoms with Gasteiger partial charge in [0, 0.05) is 5.02 Å². The SMILES string of the molecule is CCCCOc1ccccc1C(=O)NC(=S)NNC(=O)COc1ccc(Cl)cc1Cl. The summed E-state index contributed by atoms with van der Waals surface area (Å²) in [5.74, 6) is -0.214. The molecule has 2 amide bonds. The highest BCUT2D eigenvalue weighted by Gasteiger charge is 2.14. The second-order valence-electron chi connectivity index (χ2n) is 6.02. The van der Waals surface area contributed by atoms with E-state index >= 15 is 0 Å². The Morgan fingerprint density at radius 1 is 1.03 bits per heavy atom. The summed E-state index contributed by atoms with van der Waals surface area (Å²) in [6.07, 6.45) is 1.86. The van der Waals surface area contributed by atoms with E-state index in [0.29, 0.717) is 28.7 Å². The fourth-order valence-corrected chi connectivity index (χ4v) is 2.81. The lowest BCUT2D eigenvalue weighted by atomic mass is 10.2. The quantitative estimate of drug-likeness (QED) is 0.308. The Morgan fingerprint density at radius 3 is 2.53 bits per heavy atom. The number of thiocarbonyl (C=S) groups is 1. The van der Waals surface area contributed by atoms with Crippen molar-refractivity contribution in [3.8, 4) is 11.5 Å². The average molecular weight is 470 g/mol. The van der Waals surface area contributed by atoms with E-state index in [1.807, 2.05) is 0 Å². The van der Waals surface area contributed by atoms with E-state index in [4.69, 9.17) is 44.9 Å². The Bertz CT molecular complexity index is 911. The monoisotopic (exact) mass is 469 g/mol. The minimum Gasteiger partial charge on any atom is -0.493 e. The van der Waals surface area contributed by atoms with Gasteiger partial charge in [-0.2, -0.15) is 0 Å². The van der Waals surface area contributed by atoms with Crippen LogP contribution in [0.1, 0.15) is 30.1 Å². The second-order valence-corrected chi connectivity index (χ2v) is 7.27. The first-order chi connectivity index (χ1) is 14.4. The third kappa shape index (κ3) is 7.70. The van der Waals surface area contributed by atoms with Gasteiger partial charge in [0.05, 0.1) is 17.2 Å². The van der Waals surface area contributed by atoms with Crippen LogP contribution in [-0.4, -0.2) is 30.1 Å². The van der Waals surface area contributed by atoms with Gasteiger partial charge in [0.15, 0.2) is 11.7 Å². The van der Waals surface area contributed by atoms with Gasteiger partial charge < -0.3 is 9.47 Å². The molecule has 0 atom stereocenters. The molecule has 0 unspecified atom stereocenters. The summed E-state index contributed by atoms with van der Waals surface area (Å²) in [6, 6.07) is 11.5. The molecular formula is C20H21Cl2N3O4S. The Balaban J connectivity index is 1.80. The normalized spacial score (nSPS) is 10.1. The second kappa shape index (κ2) is 12.2. The largest absolute Gasteiger partial charge is 0.493 e. The van der Waals surface area contributed by atoms with Crippen LogP contribution < -0.4 is 25.6 Å². The van der Waals surface area contributed by atoms with E-state index < -0.39 is 11.8 Å². The molecule has 0 heterocycles. The number of hydrogen-bond acceptors (Lipinski definition) is 5. The van der Waals surface area contributed by atoms with E-state index in [2.05, 4.69) is 23.1 Å². The lowest BCUT2D eigenvalue weighted by Crippen LogP contribution is -2.49. The van der Waals surface area contributed by atoms with Crippen LogP contribution in [0.3, 0.4) is 0 Å². The topological polar surface area (TPSA) is 88.7 Å². The van der Waals surface area contributed by atoms with Gasteiger partial charge in [0.2, 0.25) is 0 Å². The number of rotatable bonds is 8. The zero-order valence-corrected chi connectivity index (χ0v) is 18.5. The molecule has 30 heavy (non-hydrogen) atoms. The number of unbranched alkanes of at least 4 members (excludes halogenated alkanes) is 1. The summed E-state index contributed by atoms with van der Waals surface area (Å²) in [5, 5.41) is 3.14. The van der Waals surface area contributed by atoms with Crippen LogP contribution >= 0.6 is 35.4 Å². The standard InChI is InChI=1S/C20H21Cl2N3O4S/c1-2-3-10-28-16-7-5-4-6-14(16)19(27)23-20(30)25-24-18(26)12-29-17-9-8-13(21)11-15(17)22/h4-9,11H,2-3,10,12H2,1H3,(H,24,26)(H2,23,25,27,30). The molecule has 0 aliphatic rings. The molecule has 0 fully saturated rings. The summed E-state index contributed by atoms with van der Waals surface area (Å²) in [4.78, 5) is 24.3. The van der Waals surface area contributed by atoms with Gasteiger partial charge in [-0.25, -0.2) is 0 Å². The number of benzene rings is 2. The van der Waals surface area contributed by atoms with Crippen molar-refractivity contribution in [3.63, 3.8) is 0 Å². The summed E-state index contributed by atoms with van der Waals surface area (Å²) in [5.41, 5.74) is 5.10. The molecule has 10 heteroatoms. The molecule has 7 nitrogen and oxygen atoms in total. The van der Waals surface area contributed by atoms with E-state index in [0.717, 1.165) is 12.8 Å². The molecule has 0 aliphatic heterocycles. The van der Waals surface area contributed by atoms with Crippen LogP contribution in [0.4, 0.5) is 0 Å². The van der Waals surface area contributed by atoms with Crippen molar-refractivity contribution < 1.29 is 19.1 Å². The van der Waals surface area contributed by atoms with Crippen molar-refractivity contribution in [1.29, 1.82) is 0 Å². The molecule has 0 aliphatic carbocycles. The lowest BCUT2D eigenvalue weighted by Gasteiger charge is -2.14. The van der Waals surface area contributed by atoms with Crippen LogP contribution in [0.25, 0.3) is 0 Å². The van der Waals surface area contributed by atoms with Crippen molar-refractivity contribution in [2.24, 2.45) is 0 Å². The fourth-order valence-electron chi connectivity index (χ4n) is 2.21. The highest BCUT2D eigenvalue weighted by Crippen LogP contribution is 2.27. The van der Waals surface area contributed by atoms with Crippen LogP contribution in [0.2, 0.25) is 10.0 Å². The summed E-state index contributed by atoms with van der Waals surface area (Å²) < 4.78 is 10.9. The van der Waals surface area contributed by atoms with E-state index in [1.165, 1.54) is 6.07 Å². The lowest BCUT2D eigenvalue weighted by molar-refractivity contribution is -0.123. The molecule has 160 valence electrons. The van der Waals surface area contributed by atoms with Gasteiger partial charge in [-0.1, -0.05) is 48.7 Å². The minimum absolute atomic E-state index is 0.0822. The number of halogens is 2. The third-order valence-electron chi connectivity index (χ3n) is 3.68. The molecule has 3 N–H and O–H groups in total. The maximum Gasteiger partial charge on any atom is 0.276 e. The van der Waals surface area contributed by atoms with Crippen LogP contribution in [0.15, 0.2) is 42.5 Å². The Morgan fingerprint density at radius 2 is 1.80 bits per heavy atom. The van der Waals surface area contributed by atoms with Gasteiger partial charge in [-0.15, -0.1) is 0 Å². The first-order valence-corrected chi connectivity index (χ1v) is 10.3. The van der Waals surface area contributed by atoms with E-state index in [9.17, 15) is 9.59 Å². The number of carbonyl (C=O) groups is 2. The van der Waals surface area contributed by atoms with Gasteiger partial charge in [-0.05, 0) is 49.0 Å². The minimum atomic E-state index is -0.527. The van der Waals surface area contributed by atoms with Gasteiger partial charge >= 0.3 is 0 Å². The predicted octanol–water partition coefficient (Wildman–Crippen LogP) is 3.89. The zero-order valence-electron chi connectivity index (χ0n) is 16.2. The number of hydrazine groups is 1. The molecule has 2 aromatic rings. The predicted molar refractivity (Wildman–Crippen MR) is 120 cm³/mol. The molecular weight excluding hydrogens is 449 g/mol. The Hall–Kier alpha value is -2.55. The van der Waals surface area contributed by atoms with Crippen molar-refractivity contribution in [2.75, 3.05) is 13.2 Å². The van der Waals surface area contributed by atoms with Gasteiger partial charge in [0.25, 0.3) is 11.8 Å². The number of ether oxygens (including phenoxy) is 2. The van der Waals surface area contributed by atoms with Gasteiger partial charge in [0.1, 0.15) is 11.5 Å². The summed E-state index contributed by atoms with van der Waals surface area (Å²) in [6.45, 7) is 2.24. The molecule has 0 bridgehead atoms. The number of carbonyl (C=O) groups excluding carboxylic acids is 2. The third-order valence-corrected chi connectivity index (χ3v) is 4.42. The molecule has 2 aromatic carbocycles. The number of hydrogen-bond donors (Lipinski definition) is 3. The van der Waals surface area contributed by atoms with Crippen molar-refractivity contribution in [1.82, 2.24) is 16.2 Å². The van der Waals surface area contributed by atoms with E-state index in [1.54, 1.807) is 36.4 Å². The van der Waals surface area contributed by atoms with Crippen molar-refractivity contribution in [3.05, 3.63) is 58.1 Å². The molecule has 0 radical (unpaired) electrons. The van der Waals surface area contributed by atoms with Gasteiger partial charge in [-0.3, -0.25) is 25.8 Å². The molecule has 0 saturated heterocycles. The maximum absolute atomic E-state index is 12.4. The van der Waals surface area contributed by atoms with Crippen molar-refractivity contribution >= 4 is 52.3 Å². The highest BCUT2D eigenvalue weighted by molar-refractivity contribution is 7.80. The number of para-hydroxylation sites is 1. The Labute approximate surface area is 190 Å². The Kier molecular flexibility index (Phi) is 9.66. The number of amides is 2. The molecule has 0 aromatic heterocycles. The van der Waals surface area contributed by atoms with Crippen molar-refractivity contribution in [2.45, 2.75) is 19.8 Å². The molecule has 0 saturated carbocycles. The molecule has 2 rings (SSSR count). The van der Waals surface area contributed by atoms with Crippen LogP contribution in [0, 0.1) is 0 Å². The van der Waals surface area contributed by atoms with E-state index in [-0.39, 0.29) is 16.7 Å².